The number of amides is 4. The molecule has 1 N–H and O–H groups in total. The predicted molar refractivity (Wildman–Crippen MR) is 80.0 cm³/mol. The Bertz CT molecular complexity index is 610. The number of fused-ring (bicyclic) bond motifs is 1. The molecule has 6 nitrogen and oxygen atoms in total. The fraction of sp³-hybridized carbons (Fsp3) is 0.438. The molecule has 0 aromatic heterocycles. The van der Waals surface area contributed by atoms with Gasteiger partial charge in [0.05, 0.1) is 0 Å². The number of benzene rings is 1. The largest absolute Gasteiger partial charge is 0.354 e. The molecule has 4 amide bonds. The smallest absolute Gasteiger partial charge is 0.327 e. The quantitative estimate of drug-likeness (QED) is 0.820. The molecule has 0 radical (unpaired) electrons. The lowest BCUT2D eigenvalue weighted by atomic mass is 10.1. The zero-order valence-corrected chi connectivity index (χ0v) is 12.6. The van der Waals surface area contributed by atoms with E-state index in [1.165, 1.54) is 17.0 Å². The zero-order chi connectivity index (χ0) is 16.4. The molecule has 1 atom stereocenters. The van der Waals surface area contributed by atoms with Gasteiger partial charge in [-0.3, -0.25) is 14.5 Å². The minimum Gasteiger partial charge on any atom is -0.354 e. The number of urea groups is 1. The highest BCUT2D eigenvalue weighted by atomic mass is 19.1. The van der Waals surface area contributed by atoms with Gasteiger partial charge in [-0.1, -0.05) is 12.1 Å². The first-order valence-electron chi connectivity index (χ1n) is 7.69. The Hall–Kier alpha value is -2.44. The maximum Gasteiger partial charge on any atom is 0.327 e. The molecule has 2 aliphatic heterocycles. The Labute approximate surface area is 133 Å². The molecule has 0 bridgehead atoms. The summed E-state index contributed by atoms with van der Waals surface area (Å²) in [5.41, 5.74) is 0.903. The molecule has 0 spiro atoms. The van der Waals surface area contributed by atoms with E-state index in [1.807, 2.05) is 0 Å². The summed E-state index contributed by atoms with van der Waals surface area (Å²) in [5.74, 6) is -0.944. The number of hydrogen-bond acceptors (Lipinski definition) is 3. The zero-order valence-electron chi connectivity index (χ0n) is 12.6. The van der Waals surface area contributed by atoms with Gasteiger partial charge in [-0.2, -0.15) is 0 Å². The van der Waals surface area contributed by atoms with Crippen LogP contribution >= 0.6 is 0 Å². The summed E-state index contributed by atoms with van der Waals surface area (Å²) < 4.78 is 12.8. The number of hydrogen-bond donors (Lipinski definition) is 1. The minimum atomic E-state index is -0.380. The van der Waals surface area contributed by atoms with Crippen LogP contribution in [0.1, 0.15) is 18.4 Å². The van der Waals surface area contributed by atoms with E-state index in [1.54, 1.807) is 12.1 Å². The van der Waals surface area contributed by atoms with Crippen LogP contribution in [-0.4, -0.2) is 53.3 Å². The summed E-state index contributed by atoms with van der Waals surface area (Å²) in [4.78, 5) is 38.7. The number of nitrogens with one attached hydrogen (secondary N) is 1. The van der Waals surface area contributed by atoms with Crippen molar-refractivity contribution >= 4 is 17.8 Å². The first-order valence-corrected chi connectivity index (χ1v) is 7.69. The second kappa shape index (κ2) is 6.36. The molecule has 1 aromatic rings. The second-order valence-corrected chi connectivity index (χ2v) is 5.78. The van der Waals surface area contributed by atoms with E-state index >= 15 is 0 Å². The van der Waals surface area contributed by atoms with Crippen LogP contribution in [0.5, 0.6) is 0 Å². The molecule has 2 aliphatic rings. The molecule has 23 heavy (non-hydrogen) atoms. The standard InChI is InChI=1S/C16H18FN3O3/c17-12-5-3-11(4-6-12)7-8-18-14(21)10-20-15(22)13-2-1-9-19(13)16(20)23/h3-6,13H,1-2,7-10H2,(H,18,21). The molecule has 0 saturated carbocycles. The average molecular weight is 319 g/mol. The highest BCUT2D eigenvalue weighted by Crippen LogP contribution is 2.26. The van der Waals surface area contributed by atoms with Gasteiger partial charge in [0.15, 0.2) is 0 Å². The SMILES string of the molecule is O=C(CN1C(=O)C2CCCN2C1=O)NCCc1ccc(F)cc1. The summed E-state index contributed by atoms with van der Waals surface area (Å²) in [7, 11) is 0. The monoisotopic (exact) mass is 319 g/mol. The highest BCUT2D eigenvalue weighted by molar-refractivity contribution is 6.06. The molecular formula is C16H18FN3O3. The van der Waals surface area contributed by atoms with Crippen molar-refractivity contribution in [2.24, 2.45) is 0 Å². The lowest BCUT2D eigenvalue weighted by Gasteiger charge is -2.15. The van der Waals surface area contributed by atoms with Crippen LogP contribution in [0.4, 0.5) is 9.18 Å². The van der Waals surface area contributed by atoms with Gasteiger partial charge in [-0.25, -0.2) is 9.18 Å². The number of carbonyl (C=O) groups excluding carboxylic acids is 3. The summed E-state index contributed by atoms with van der Waals surface area (Å²) in [6.07, 6.45) is 2.07. The van der Waals surface area contributed by atoms with Crippen LogP contribution in [0.2, 0.25) is 0 Å². The van der Waals surface area contributed by atoms with Gasteiger partial charge >= 0.3 is 6.03 Å². The Morgan fingerprint density at radius 3 is 2.70 bits per heavy atom. The topological polar surface area (TPSA) is 69.7 Å². The fourth-order valence-electron chi connectivity index (χ4n) is 3.02. The number of halogens is 1. The third-order valence-corrected chi connectivity index (χ3v) is 4.23. The van der Waals surface area contributed by atoms with Gasteiger partial charge in [0, 0.05) is 13.1 Å². The van der Waals surface area contributed by atoms with Gasteiger partial charge in [-0.05, 0) is 37.0 Å². The maximum atomic E-state index is 12.8. The summed E-state index contributed by atoms with van der Waals surface area (Å²) in [5, 5.41) is 2.68. The Morgan fingerprint density at radius 2 is 2.00 bits per heavy atom. The molecular weight excluding hydrogens is 301 g/mol. The lowest BCUT2D eigenvalue weighted by molar-refractivity contribution is -0.132. The molecule has 7 heteroatoms. The molecule has 1 aromatic carbocycles. The molecule has 3 rings (SSSR count). The first-order chi connectivity index (χ1) is 11.1. The van der Waals surface area contributed by atoms with Gasteiger partial charge in [-0.15, -0.1) is 0 Å². The molecule has 122 valence electrons. The van der Waals surface area contributed by atoms with Crippen molar-refractivity contribution in [2.45, 2.75) is 25.3 Å². The van der Waals surface area contributed by atoms with Crippen molar-refractivity contribution in [1.82, 2.24) is 15.1 Å². The Morgan fingerprint density at radius 1 is 1.26 bits per heavy atom. The van der Waals surface area contributed by atoms with Crippen LogP contribution in [0.25, 0.3) is 0 Å². The maximum absolute atomic E-state index is 12.8. The lowest BCUT2D eigenvalue weighted by Crippen LogP contribution is -2.42. The van der Waals surface area contributed by atoms with Gasteiger partial charge in [0.1, 0.15) is 18.4 Å². The van der Waals surface area contributed by atoms with E-state index in [0.29, 0.717) is 25.9 Å². The molecule has 2 saturated heterocycles. The third-order valence-electron chi connectivity index (χ3n) is 4.23. The van der Waals surface area contributed by atoms with Crippen molar-refractivity contribution in [2.75, 3.05) is 19.6 Å². The number of carbonyl (C=O) groups is 3. The van der Waals surface area contributed by atoms with Crippen molar-refractivity contribution in [1.29, 1.82) is 0 Å². The van der Waals surface area contributed by atoms with Gasteiger partial charge < -0.3 is 10.2 Å². The van der Waals surface area contributed by atoms with Crippen LogP contribution in [0, 0.1) is 5.82 Å². The third kappa shape index (κ3) is 3.18. The van der Waals surface area contributed by atoms with Crippen molar-refractivity contribution in [3.63, 3.8) is 0 Å². The van der Waals surface area contributed by atoms with Crippen LogP contribution in [0.3, 0.4) is 0 Å². The number of nitrogens with zero attached hydrogens (tertiary/aromatic N) is 2. The van der Waals surface area contributed by atoms with E-state index in [2.05, 4.69) is 5.32 Å². The van der Waals surface area contributed by atoms with Gasteiger partial charge in [0.2, 0.25) is 5.91 Å². The molecule has 0 aliphatic carbocycles. The molecule has 2 fully saturated rings. The van der Waals surface area contributed by atoms with Gasteiger partial charge in [0.25, 0.3) is 5.91 Å². The minimum absolute atomic E-state index is 0.242. The van der Waals surface area contributed by atoms with Crippen LogP contribution < -0.4 is 5.32 Å². The average Bonchev–Trinajstić information content (AvgIpc) is 3.09. The summed E-state index contributed by atoms with van der Waals surface area (Å²) in [6, 6.07) is 5.30. The van der Waals surface area contributed by atoms with E-state index in [0.717, 1.165) is 16.9 Å². The van der Waals surface area contributed by atoms with Crippen molar-refractivity contribution in [3.8, 4) is 0 Å². The highest BCUT2D eigenvalue weighted by Gasteiger charge is 2.47. The number of imide groups is 1. The number of rotatable bonds is 5. The molecule has 2 heterocycles. The van der Waals surface area contributed by atoms with Crippen molar-refractivity contribution < 1.29 is 18.8 Å². The second-order valence-electron chi connectivity index (χ2n) is 5.78. The van der Waals surface area contributed by atoms with Crippen molar-refractivity contribution in [3.05, 3.63) is 35.6 Å². The first kappa shape index (κ1) is 15.5. The van der Waals surface area contributed by atoms with Crippen LogP contribution in [-0.2, 0) is 16.0 Å². The van der Waals surface area contributed by atoms with Crippen LogP contribution in [0.15, 0.2) is 24.3 Å². The Balaban J connectivity index is 1.47. The van der Waals surface area contributed by atoms with E-state index in [4.69, 9.17) is 0 Å². The molecule has 1 unspecified atom stereocenters. The van der Waals surface area contributed by atoms with E-state index in [-0.39, 0.29) is 36.2 Å². The summed E-state index contributed by atoms with van der Waals surface area (Å²) >= 11 is 0. The predicted octanol–water partition coefficient (Wildman–Crippen LogP) is 0.911. The van der Waals surface area contributed by atoms with E-state index in [9.17, 15) is 18.8 Å². The van der Waals surface area contributed by atoms with E-state index < -0.39 is 0 Å². The summed E-state index contributed by atoms with van der Waals surface area (Å²) in [6.45, 7) is 0.708. The Kier molecular flexibility index (Phi) is 4.27. The normalized spacial score (nSPS) is 20.1. The fourth-order valence-corrected chi connectivity index (χ4v) is 3.02.